The summed E-state index contributed by atoms with van der Waals surface area (Å²) in [6, 6.07) is 6.70. The molecule has 2 aromatic rings. The number of nitrogens with one attached hydrogen (secondary N) is 3. The lowest BCUT2D eigenvalue weighted by molar-refractivity contribution is -0.141. The van der Waals surface area contributed by atoms with Crippen LogP contribution in [0.1, 0.15) is 32.8 Å². The van der Waals surface area contributed by atoms with E-state index in [0.29, 0.717) is 5.69 Å². The van der Waals surface area contributed by atoms with Crippen molar-refractivity contribution in [3.63, 3.8) is 0 Å². The van der Waals surface area contributed by atoms with Crippen molar-refractivity contribution in [3.8, 4) is 5.75 Å². The van der Waals surface area contributed by atoms with E-state index in [1.54, 1.807) is 24.3 Å². The maximum absolute atomic E-state index is 13.8. The second-order valence-electron chi connectivity index (χ2n) is 10.1. The zero-order valence-electron chi connectivity index (χ0n) is 21.5. The van der Waals surface area contributed by atoms with Gasteiger partial charge in [-0.1, -0.05) is 39.0 Å². The highest BCUT2D eigenvalue weighted by molar-refractivity contribution is 6.40. The van der Waals surface area contributed by atoms with Gasteiger partial charge in [-0.25, -0.2) is 8.78 Å². The summed E-state index contributed by atoms with van der Waals surface area (Å²) in [6.07, 6.45) is -0.434. The summed E-state index contributed by atoms with van der Waals surface area (Å²) in [4.78, 5) is 61.3. The van der Waals surface area contributed by atoms with Crippen molar-refractivity contribution in [3.05, 3.63) is 59.2 Å². The number of benzene rings is 2. The van der Waals surface area contributed by atoms with Gasteiger partial charge in [0.1, 0.15) is 12.1 Å². The molecule has 14 heteroatoms. The maximum Gasteiger partial charge on any atom is 0.313 e. The first-order valence-corrected chi connectivity index (χ1v) is 11.8. The predicted octanol–water partition coefficient (Wildman–Crippen LogP) is 2.20. The monoisotopic (exact) mass is 567 g/mol. The number of carbonyl (C=O) groups excluding carboxylic acids is 4. The molecule has 10 nitrogen and oxygen atoms in total. The van der Waals surface area contributed by atoms with E-state index in [9.17, 15) is 46.6 Å². The van der Waals surface area contributed by atoms with Crippen molar-refractivity contribution in [2.45, 2.75) is 38.1 Å². The second-order valence-corrected chi connectivity index (χ2v) is 10.1. The van der Waals surface area contributed by atoms with Crippen molar-refractivity contribution in [2.24, 2.45) is 5.92 Å². The molecule has 2 atom stereocenters. The van der Waals surface area contributed by atoms with E-state index in [2.05, 4.69) is 15.4 Å². The maximum atomic E-state index is 13.8. The van der Waals surface area contributed by atoms with Crippen LogP contribution >= 0.6 is 0 Å². The van der Waals surface area contributed by atoms with Crippen LogP contribution in [0.4, 0.5) is 23.2 Å². The van der Waals surface area contributed by atoms with Gasteiger partial charge in [-0.15, -0.1) is 0 Å². The molecule has 1 aliphatic carbocycles. The molecular formula is C26H25F4N3O7. The summed E-state index contributed by atoms with van der Waals surface area (Å²) in [6.45, 7) is 3.61. The van der Waals surface area contributed by atoms with Crippen molar-refractivity contribution in [1.29, 1.82) is 0 Å². The fraction of sp³-hybridized carbons (Fsp3) is 0.346. The van der Waals surface area contributed by atoms with E-state index < -0.39 is 89.5 Å². The molecule has 1 aliphatic rings. The van der Waals surface area contributed by atoms with Gasteiger partial charge in [-0.3, -0.25) is 24.0 Å². The Kier molecular flexibility index (Phi) is 8.51. The first kappa shape index (κ1) is 30.1. The van der Waals surface area contributed by atoms with Crippen LogP contribution in [0.2, 0.25) is 0 Å². The number of Topliss-reactive ketones (excluding diaryl/α,β-unsaturated/α-hetero) is 1. The molecule has 0 spiro atoms. The molecule has 4 N–H and O–H groups in total. The lowest BCUT2D eigenvalue weighted by atomic mass is 9.86. The van der Waals surface area contributed by atoms with Gasteiger partial charge in [0.15, 0.2) is 23.2 Å². The van der Waals surface area contributed by atoms with Gasteiger partial charge < -0.3 is 25.8 Å². The van der Waals surface area contributed by atoms with Crippen molar-refractivity contribution in [1.82, 2.24) is 10.6 Å². The highest BCUT2D eigenvalue weighted by Gasteiger charge is 2.64. The number of amides is 3. The average Bonchev–Trinajstić information content (AvgIpc) is 3.61. The van der Waals surface area contributed by atoms with Gasteiger partial charge in [-0.05, 0) is 23.5 Å². The van der Waals surface area contributed by atoms with Gasteiger partial charge in [0.25, 0.3) is 0 Å². The summed E-state index contributed by atoms with van der Waals surface area (Å²) >= 11 is 0. The smallest absolute Gasteiger partial charge is 0.313 e. The molecule has 3 amide bonds. The fourth-order valence-electron chi connectivity index (χ4n) is 3.98. The van der Waals surface area contributed by atoms with E-state index in [1.807, 2.05) is 26.1 Å². The minimum absolute atomic E-state index is 0.0691. The molecule has 0 heterocycles. The number of anilines is 1. The Morgan fingerprint density at radius 3 is 2.15 bits per heavy atom. The van der Waals surface area contributed by atoms with Crippen LogP contribution in [0.5, 0.6) is 5.75 Å². The normalized spacial score (nSPS) is 17.9. The number of hydrogen-bond donors (Lipinski definition) is 4. The van der Waals surface area contributed by atoms with E-state index in [1.165, 1.54) is 0 Å². The molecule has 3 rings (SSSR count). The summed E-state index contributed by atoms with van der Waals surface area (Å²) in [7, 11) is 0. The van der Waals surface area contributed by atoms with Gasteiger partial charge in [-0.2, -0.15) is 8.78 Å². The Morgan fingerprint density at radius 2 is 1.60 bits per heavy atom. The number of carbonyl (C=O) groups is 5. The van der Waals surface area contributed by atoms with Crippen LogP contribution < -0.4 is 20.7 Å². The Labute approximate surface area is 225 Å². The van der Waals surface area contributed by atoms with Crippen LogP contribution in [0.25, 0.3) is 0 Å². The number of carboxylic acid groups (broad SMARTS) is 1. The number of ether oxygens (including phenoxy) is 1. The average molecular weight is 567 g/mol. The van der Waals surface area contributed by atoms with E-state index in [-0.39, 0.29) is 11.5 Å². The molecule has 0 bridgehead atoms. The lowest BCUT2D eigenvalue weighted by Gasteiger charge is -2.22. The molecule has 0 saturated heterocycles. The molecule has 2 aromatic carbocycles. The number of halogens is 4. The fourth-order valence-corrected chi connectivity index (χ4v) is 3.98. The first-order chi connectivity index (χ1) is 18.6. The van der Waals surface area contributed by atoms with Crippen LogP contribution in [0, 0.1) is 29.2 Å². The zero-order valence-corrected chi connectivity index (χ0v) is 21.5. The van der Waals surface area contributed by atoms with E-state index in [4.69, 9.17) is 0 Å². The van der Waals surface area contributed by atoms with Gasteiger partial charge in [0, 0.05) is 11.8 Å². The third kappa shape index (κ3) is 6.38. The largest absolute Gasteiger partial charge is 0.481 e. The Hall–Kier alpha value is -4.49. The number of carboxylic acids is 1. The van der Waals surface area contributed by atoms with Crippen LogP contribution in [0.3, 0.4) is 0 Å². The van der Waals surface area contributed by atoms with Crippen molar-refractivity contribution in [2.75, 3.05) is 18.5 Å². The molecule has 1 saturated carbocycles. The standard InChI is InChI=1S/C26H25F4N3O7/c1-25(2,3)12-6-4-5-7-16(12)32-23(37)22(36)31-10-18(35)33-26(9-13(26)24(38)39)17(34)11-40-21-19(29)14(27)8-15(28)20(21)30/h4-8,13H,9-11H2,1-3H3,(H,31,36)(H,32,37)(H,33,35)(H,38,39). The predicted molar refractivity (Wildman–Crippen MR) is 130 cm³/mol. The summed E-state index contributed by atoms with van der Waals surface area (Å²) < 4.78 is 59.0. The molecular weight excluding hydrogens is 542 g/mol. The van der Waals surface area contributed by atoms with Gasteiger partial charge >= 0.3 is 17.8 Å². The molecule has 1 fully saturated rings. The number of ketones is 1. The molecule has 40 heavy (non-hydrogen) atoms. The number of aliphatic carboxylic acids is 1. The lowest BCUT2D eigenvalue weighted by Crippen LogP contribution is -2.51. The number of rotatable bonds is 9. The van der Waals surface area contributed by atoms with Crippen LogP contribution in [0.15, 0.2) is 30.3 Å². The Morgan fingerprint density at radius 1 is 1.00 bits per heavy atom. The van der Waals surface area contributed by atoms with Gasteiger partial charge in [0.2, 0.25) is 17.5 Å². The van der Waals surface area contributed by atoms with E-state index >= 15 is 0 Å². The second kappa shape index (κ2) is 11.3. The summed E-state index contributed by atoms with van der Waals surface area (Å²) in [5.74, 6) is -16.4. The van der Waals surface area contributed by atoms with Crippen LogP contribution in [-0.2, 0) is 29.4 Å². The molecule has 2 unspecified atom stereocenters. The Balaban J connectivity index is 1.63. The summed E-state index contributed by atoms with van der Waals surface area (Å²) in [5, 5.41) is 15.9. The highest BCUT2D eigenvalue weighted by Crippen LogP contribution is 2.44. The number of para-hydroxylation sites is 1. The first-order valence-electron chi connectivity index (χ1n) is 11.8. The van der Waals surface area contributed by atoms with Crippen LogP contribution in [-0.4, -0.2) is 53.3 Å². The van der Waals surface area contributed by atoms with E-state index in [0.717, 1.165) is 5.56 Å². The van der Waals surface area contributed by atoms with Gasteiger partial charge in [0.05, 0.1) is 12.5 Å². The quantitative estimate of drug-likeness (QED) is 0.206. The number of hydrogen-bond acceptors (Lipinski definition) is 6. The zero-order chi connectivity index (χ0) is 30.0. The minimum atomic E-state index is -2.08. The minimum Gasteiger partial charge on any atom is -0.481 e. The molecule has 214 valence electrons. The molecule has 0 aliphatic heterocycles. The van der Waals surface area contributed by atoms with Crippen molar-refractivity contribution < 1.29 is 51.4 Å². The third-order valence-corrected chi connectivity index (χ3v) is 6.14. The third-order valence-electron chi connectivity index (χ3n) is 6.14. The van der Waals surface area contributed by atoms with Crippen molar-refractivity contribution >= 4 is 35.2 Å². The topological polar surface area (TPSA) is 151 Å². The summed E-state index contributed by atoms with van der Waals surface area (Å²) in [5.41, 5.74) is -1.33. The highest BCUT2D eigenvalue weighted by atomic mass is 19.2. The Bertz CT molecular complexity index is 1370. The molecule has 0 aromatic heterocycles. The SMILES string of the molecule is CC(C)(C)c1ccccc1NC(=O)C(=O)NCC(=O)NC1(C(=O)COc2c(F)c(F)cc(F)c2F)CC1C(=O)O. The molecule has 0 radical (unpaired) electrons.